The van der Waals surface area contributed by atoms with Crippen LogP contribution in [-0.2, 0) is 22.8 Å². The van der Waals surface area contributed by atoms with Gasteiger partial charge in [0.15, 0.2) is 0 Å². The molecule has 9 heteroatoms. The molecule has 1 N–H and O–H groups in total. The first kappa shape index (κ1) is 27.2. The van der Waals surface area contributed by atoms with Gasteiger partial charge in [-0.15, -0.1) is 0 Å². The fraction of sp³-hybridized carbons (Fsp3) is 0.0645. The number of carbonyl (C=O) groups excluding carboxylic acids is 3. The lowest BCUT2D eigenvalue weighted by molar-refractivity contribution is -0.122. The number of anilines is 1. The van der Waals surface area contributed by atoms with E-state index < -0.39 is 17.8 Å². The number of hydrogen-bond donors (Lipinski definition) is 1. The van der Waals surface area contributed by atoms with Crippen LogP contribution in [0.3, 0.4) is 0 Å². The summed E-state index contributed by atoms with van der Waals surface area (Å²) in [4.78, 5) is 39.7. The highest BCUT2D eigenvalue weighted by molar-refractivity contribution is 9.10. The van der Waals surface area contributed by atoms with Gasteiger partial charge in [0.1, 0.15) is 30.3 Å². The SMILES string of the molecule is O=C1NC(=O)N(c2ccc(OCc3ccc(Br)cc3)cc2)C(=O)/C1=C/c1ccccc1OCc1ccc(Cl)cc1. The van der Waals surface area contributed by atoms with Crippen molar-refractivity contribution in [3.05, 3.63) is 129 Å². The smallest absolute Gasteiger partial charge is 0.335 e. The van der Waals surface area contributed by atoms with Gasteiger partial charge in [-0.25, -0.2) is 9.69 Å². The summed E-state index contributed by atoms with van der Waals surface area (Å²) in [6.45, 7) is 0.620. The van der Waals surface area contributed by atoms with Crippen LogP contribution in [0.5, 0.6) is 11.5 Å². The van der Waals surface area contributed by atoms with E-state index in [4.69, 9.17) is 21.1 Å². The van der Waals surface area contributed by atoms with E-state index in [9.17, 15) is 14.4 Å². The number of halogens is 2. The van der Waals surface area contributed by atoms with E-state index in [1.165, 1.54) is 6.08 Å². The van der Waals surface area contributed by atoms with E-state index in [-0.39, 0.29) is 12.2 Å². The summed E-state index contributed by atoms with van der Waals surface area (Å²) in [5.74, 6) is -0.491. The van der Waals surface area contributed by atoms with Gasteiger partial charge < -0.3 is 9.47 Å². The summed E-state index contributed by atoms with van der Waals surface area (Å²) in [5.41, 5.74) is 2.51. The number of carbonyl (C=O) groups is 3. The predicted molar refractivity (Wildman–Crippen MR) is 156 cm³/mol. The van der Waals surface area contributed by atoms with Gasteiger partial charge in [0.05, 0.1) is 5.69 Å². The van der Waals surface area contributed by atoms with Crippen LogP contribution in [0.15, 0.2) is 107 Å². The van der Waals surface area contributed by atoms with Crippen LogP contribution in [0.4, 0.5) is 10.5 Å². The Balaban J connectivity index is 1.32. The molecule has 0 aromatic heterocycles. The number of urea groups is 1. The minimum absolute atomic E-state index is 0.197. The van der Waals surface area contributed by atoms with Crippen LogP contribution in [0.25, 0.3) is 6.08 Å². The first-order valence-electron chi connectivity index (χ1n) is 12.2. The summed E-state index contributed by atoms with van der Waals surface area (Å²) in [7, 11) is 0. The second-order valence-corrected chi connectivity index (χ2v) is 10.2. The van der Waals surface area contributed by atoms with Crippen LogP contribution < -0.4 is 19.7 Å². The number of barbiturate groups is 1. The highest BCUT2D eigenvalue weighted by atomic mass is 79.9. The maximum Gasteiger partial charge on any atom is 0.335 e. The third kappa shape index (κ3) is 6.42. The molecule has 0 radical (unpaired) electrons. The van der Waals surface area contributed by atoms with Crippen molar-refractivity contribution in [1.82, 2.24) is 5.32 Å². The highest BCUT2D eigenvalue weighted by Crippen LogP contribution is 2.27. The fourth-order valence-electron chi connectivity index (χ4n) is 3.96. The lowest BCUT2D eigenvalue weighted by Crippen LogP contribution is -2.54. The van der Waals surface area contributed by atoms with E-state index in [2.05, 4.69) is 21.2 Å². The third-order valence-corrected chi connectivity index (χ3v) is 6.82. The van der Waals surface area contributed by atoms with Gasteiger partial charge in [0, 0.05) is 15.1 Å². The number of benzene rings is 4. The van der Waals surface area contributed by atoms with Gasteiger partial charge in [0.2, 0.25) is 0 Å². The molecular formula is C31H22BrClN2O5. The summed E-state index contributed by atoms with van der Waals surface area (Å²) >= 11 is 9.36. The average Bonchev–Trinajstić information content (AvgIpc) is 2.96. The number of imide groups is 2. The molecule has 0 bridgehead atoms. The molecule has 5 rings (SSSR count). The summed E-state index contributed by atoms with van der Waals surface area (Å²) in [6.07, 6.45) is 1.42. The number of hydrogen-bond acceptors (Lipinski definition) is 5. The molecule has 0 spiro atoms. The van der Waals surface area contributed by atoms with Crippen LogP contribution in [-0.4, -0.2) is 17.8 Å². The largest absolute Gasteiger partial charge is 0.489 e. The molecular weight excluding hydrogens is 596 g/mol. The normalized spacial score (nSPS) is 14.3. The van der Waals surface area contributed by atoms with Gasteiger partial charge >= 0.3 is 6.03 Å². The van der Waals surface area contributed by atoms with Crippen molar-refractivity contribution in [3.63, 3.8) is 0 Å². The van der Waals surface area contributed by atoms with Crippen molar-refractivity contribution >= 4 is 57.1 Å². The number of ether oxygens (including phenoxy) is 2. The number of nitrogens with one attached hydrogen (secondary N) is 1. The Morgan fingerprint density at radius 3 is 2.10 bits per heavy atom. The first-order valence-corrected chi connectivity index (χ1v) is 13.4. The number of para-hydroxylation sites is 1. The zero-order chi connectivity index (χ0) is 28.1. The topological polar surface area (TPSA) is 84.9 Å². The van der Waals surface area contributed by atoms with Crippen LogP contribution >= 0.6 is 27.5 Å². The van der Waals surface area contributed by atoms with E-state index >= 15 is 0 Å². The molecule has 7 nitrogen and oxygen atoms in total. The Kier molecular flexibility index (Phi) is 8.28. The monoisotopic (exact) mass is 616 g/mol. The molecule has 1 aliphatic rings. The predicted octanol–water partition coefficient (Wildman–Crippen LogP) is 6.93. The molecule has 40 heavy (non-hydrogen) atoms. The van der Waals surface area contributed by atoms with Gasteiger partial charge in [-0.05, 0) is 71.8 Å². The molecule has 200 valence electrons. The third-order valence-electron chi connectivity index (χ3n) is 6.04. The van der Waals surface area contributed by atoms with Crippen molar-refractivity contribution in [2.45, 2.75) is 13.2 Å². The standard InChI is InChI=1S/C31H22BrClN2O5/c32-23-9-5-20(6-10-23)18-39-26-15-13-25(14-16-26)35-30(37)27(29(36)34-31(35)38)17-22-3-1-2-4-28(22)40-19-21-7-11-24(33)12-8-21/h1-17H,18-19H2,(H,34,36,38)/b27-17+. The lowest BCUT2D eigenvalue weighted by atomic mass is 10.1. The first-order chi connectivity index (χ1) is 19.4. The van der Waals surface area contributed by atoms with Gasteiger partial charge in [-0.2, -0.15) is 0 Å². The van der Waals surface area contributed by atoms with E-state index in [0.717, 1.165) is 20.5 Å². The van der Waals surface area contributed by atoms with Gasteiger partial charge in [-0.3, -0.25) is 14.9 Å². The zero-order valence-corrected chi connectivity index (χ0v) is 23.3. The van der Waals surface area contributed by atoms with Crippen molar-refractivity contribution in [1.29, 1.82) is 0 Å². The molecule has 4 aromatic rings. The van der Waals surface area contributed by atoms with E-state index in [0.29, 0.717) is 34.4 Å². The number of nitrogens with zero attached hydrogens (tertiary/aromatic N) is 1. The maximum absolute atomic E-state index is 13.4. The van der Waals surface area contributed by atoms with Crippen molar-refractivity contribution < 1.29 is 23.9 Å². The fourth-order valence-corrected chi connectivity index (χ4v) is 4.35. The molecule has 1 saturated heterocycles. The minimum Gasteiger partial charge on any atom is -0.489 e. The Morgan fingerprint density at radius 2 is 1.40 bits per heavy atom. The van der Waals surface area contributed by atoms with E-state index in [1.807, 2.05) is 36.4 Å². The average molecular weight is 618 g/mol. The van der Waals surface area contributed by atoms with Crippen molar-refractivity contribution in [2.75, 3.05) is 4.90 Å². The Labute approximate surface area is 244 Å². The Morgan fingerprint density at radius 1 is 0.775 bits per heavy atom. The van der Waals surface area contributed by atoms with Crippen LogP contribution in [0.2, 0.25) is 5.02 Å². The van der Waals surface area contributed by atoms with E-state index in [1.54, 1.807) is 60.7 Å². The quantitative estimate of drug-likeness (QED) is 0.171. The summed E-state index contributed by atoms with van der Waals surface area (Å²) < 4.78 is 12.7. The molecule has 4 aromatic carbocycles. The van der Waals surface area contributed by atoms with Crippen LogP contribution in [0, 0.1) is 0 Å². The second kappa shape index (κ2) is 12.2. The summed E-state index contributed by atoms with van der Waals surface area (Å²) in [6, 6.07) is 27.7. The Hall–Kier alpha value is -4.40. The molecule has 1 fully saturated rings. The summed E-state index contributed by atoms with van der Waals surface area (Å²) in [5, 5.41) is 2.87. The van der Waals surface area contributed by atoms with Crippen molar-refractivity contribution in [3.8, 4) is 11.5 Å². The molecule has 0 atom stereocenters. The molecule has 0 aliphatic carbocycles. The molecule has 4 amide bonds. The highest BCUT2D eigenvalue weighted by Gasteiger charge is 2.37. The molecule has 1 heterocycles. The van der Waals surface area contributed by atoms with Crippen molar-refractivity contribution in [2.24, 2.45) is 0 Å². The molecule has 1 aliphatic heterocycles. The number of rotatable bonds is 8. The number of amides is 4. The van der Waals surface area contributed by atoms with Gasteiger partial charge in [0.25, 0.3) is 11.8 Å². The van der Waals surface area contributed by atoms with Crippen LogP contribution in [0.1, 0.15) is 16.7 Å². The maximum atomic E-state index is 13.4. The Bertz CT molecular complexity index is 1590. The minimum atomic E-state index is -0.831. The molecule has 0 unspecified atom stereocenters. The zero-order valence-electron chi connectivity index (χ0n) is 21.0. The second-order valence-electron chi connectivity index (χ2n) is 8.82. The lowest BCUT2D eigenvalue weighted by Gasteiger charge is -2.26. The van der Waals surface area contributed by atoms with Gasteiger partial charge in [-0.1, -0.05) is 70.0 Å². The molecule has 0 saturated carbocycles.